The Hall–Kier alpha value is -3.12. The fourth-order valence-corrected chi connectivity index (χ4v) is 3.61. The lowest BCUT2D eigenvalue weighted by atomic mass is 10.0. The molecule has 0 radical (unpaired) electrons. The summed E-state index contributed by atoms with van der Waals surface area (Å²) in [6.45, 7) is 5.04. The summed E-state index contributed by atoms with van der Waals surface area (Å²) < 4.78 is 12.5. The highest BCUT2D eigenvalue weighted by molar-refractivity contribution is 9.10. The molecule has 0 saturated carbocycles. The van der Waals surface area contributed by atoms with Crippen molar-refractivity contribution in [1.29, 1.82) is 0 Å². The number of hydrazone groups is 1. The quantitative estimate of drug-likeness (QED) is 0.511. The van der Waals surface area contributed by atoms with E-state index in [9.17, 15) is 0 Å². The first-order valence-electron chi connectivity index (χ1n) is 9.87. The predicted molar refractivity (Wildman–Crippen MR) is 124 cm³/mol. The third-order valence-electron chi connectivity index (χ3n) is 4.58. The Balaban J connectivity index is 1.82. The van der Waals surface area contributed by atoms with Gasteiger partial charge in [0, 0.05) is 21.2 Å². The maximum Gasteiger partial charge on any atom is 0.161 e. The third-order valence-corrected chi connectivity index (χ3v) is 5.08. The number of nitrogens with zero attached hydrogens (tertiary/aromatic N) is 2. The Labute approximate surface area is 184 Å². The van der Waals surface area contributed by atoms with Gasteiger partial charge in [0.1, 0.15) is 5.71 Å². The van der Waals surface area contributed by atoms with Crippen LogP contribution in [0.2, 0.25) is 0 Å². The molecule has 1 aliphatic heterocycles. The van der Waals surface area contributed by atoms with Gasteiger partial charge >= 0.3 is 0 Å². The fourth-order valence-electron chi connectivity index (χ4n) is 3.25. The number of fused-ring (bicyclic) bond motifs is 1. The first kappa shape index (κ1) is 20.2. The van der Waals surface area contributed by atoms with Crippen LogP contribution in [0, 0.1) is 0 Å². The van der Waals surface area contributed by atoms with E-state index in [0.29, 0.717) is 24.8 Å². The molecule has 0 bridgehead atoms. The van der Waals surface area contributed by atoms with Crippen molar-refractivity contribution >= 4 is 33.2 Å². The summed E-state index contributed by atoms with van der Waals surface area (Å²) in [7, 11) is 0. The largest absolute Gasteiger partial charge is 0.490 e. The molecule has 0 saturated heterocycles. The highest BCUT2D eigenvalue weighted by atomic mass is 79.9. The fraction of sp³-hybridized carbons (Fsp3) is 0.167. The Bertz CT molecular complexity index is 1110. The first-order chi connectivity index (χ1) is 14.7. The van der Waals surface area contributed by atoms with E-state index in [0.717, 1.165) is 38.3 Å². The Morgan fingerprint density at radius 3 is 2.37 bits per heavy atom. The number of ether oxygens (including phenoxy) is 2. The van der Waals surface area contributed by atoms with Crippen LogP contribution in [0.1, 0.15) is 30.5 Å². The minimum Gasteiger partial charge on any atom is -0.490 e. The molecule has 0 fully saturated rings. The van der Waals surface area contributed by atoms with Crippen LogP contribution in [-0.2, 0) is 0 Å². The van der Waals surface area contributed by atoms with Gasteiger partial charge < -0.3 is 9.47 Å². The number of nitrogens with one attached hydrogen (secondary N) is 1. The molecule has 152 valence electrons. The van der Waals surface area contributed by atoms with Crippen molar-refractivity contribution in [2.75, 3.05) is 13.2 Å². The van der Waals surface area contributed by atoms with Crippen LogP contribution in [0.5, 0.6) is 11.5 Å². The molecule has 1 heterocycles. The molecule has 1 N–H and O–H groups in total. The summed E-state index contributed by atoms with van der Waals surface area (Å²) in [4.78, 5) is 4.85. The Kier molecular flexibility index (Phi) is 6.14. The molecule has 3 aromatic rings. The van der Waals surface area contributed by atoms with Crippen molar-refractivity contribution in [3.8, 4) is 11.5 Å². The van der Waals surface area contributed by atoms with Crippen molar-refractivity contribution < 1.29 is 9.47 Å². The molecule has 0 aromatic heterocycles. The van der Waals surface area contributed by atoms with E-state index >= 15 is 0 Å². The minimum atomic E-state index is 0.553. The molecule has 0 spiro atoms. The van der Waals surface area contributed by atoms with Crippen molar-refractivity contribution in [2.24, 2.45) is 10.1 Å². The molecule has 5 nitrogen and oxygen atoms in total. The monoisotopic (exact) mass is 463 g/mol. The molecule has 1 aliphatic rings. The van der Waals surface area contributed by atoms with E-state index < -0.39 is 0 Å². The van der Waals surface area contributed by atoms with Crippen molar-refractivity contribution in [3.05, 3.63) is 87.9 Å². The molecule has 30 heavy (non-hydrogen) atoms. The maximum absolute atomic E-state index is 5.82. The van der Waals surface area contributed by atoms with E-state index in [1.54, 1.807) is 0 Å². The van der Waals surface area contributed by atoms with Gasteiger partial charge in [-0.2, -0.15) is 5.10 Å². The second-order valence-electron chi connectivity index (χ2n) is 6.59. The number of hydrogen-bond acceptors (Lipinski definition) is 5. The van der Waals surface area contributed by atoms with Crippen molar-refractivity contribution in [3.63, 3.8) is 0 Å². The summed E-state index contributed by atoms with van der Waals surface area (Å²) in [6.07, 6.45) is 0. The van der Waals surface area contributed by atoms with E-state index in [1.165, 1.54) is 0 Å². The van der Waals surface area contributed by atoms with Gasteiger partial charge in [-0.1, -0.05) is 46.3 Å². The first-order valence-corrected chi connectivity index (χ1v) is 10.7. The van der Waals surface area contributed by atoms with Gasteiger partial charge in [-0.3, -0.25) is 5.43 Å². The van der Waals surface area contributed by atoms with Crippen LogP contribution in [0.3, 0.4) is 0 Å². The smallest absolute Gasteiger partial charge is 0.161 e. The summed E-state index contributed by atoms with van der Waals surface area (Å²) in [5.74, 6) is 2.12. The number of halogens is 1. The zero-order chi connectivity index (χ0) is 20.9. The van der Waals surface area contributed by atoms with Gasteiger partial charge in [-0.15, -0.1) is 0 Å². The molecule has 0 amide bonds. The maximum atomic E-state index is 5.82. The third kappa shape index (κ3) is 4.24. The molecule has 0 aliphatic carbocycles. The lowest BCUT2D eigenvalue weighted by Gasteiger charge is -2.14. The van der Waals surface area contributed by atoms with Gasteiger partial charge in [0.25, 0.3) is 0 Å². The zero-order valence-electron chi connectivity index (χ0n) is 16.9. The summed E-state index contributed by atoms with van der Waals surface area (Å²) in [6, 6.07) is 21.9. The number of amidine groups is 1. The average molecular weight is 464 g/mol. The summed E-state index contributed by atoms with van der Waals surface area (Å²) >= 11 is 3.58. The van der Waals surface area contributed by atoms with Gasteiger partial charge in [-0.05, 0) is 50.2 Å². The van der Waals surface area contributed by atoms with E-state index in [4.69, 9.17) is 19.6 Å². The van der Waals surface area contributed by atoms with Crippen LogP contribution in [0.15, 0.2) is 81.3 Å². The van der Waals surface area contributed by atoms with Crippen LogP contribution >= 0.6 is 15.9 Å². The van der Waals surface area contributed by atoms with E-state index in [2.05, 4.69) is 21.4 Å². The lowest BCUT2D eigenvalue weighted by molar-refractivity contribution is 0.287. The standard InChI is InChI=1S/C24H22BrN3O2/c1-3-29-21-13-10-17(14-22(21)30-4-2)23-19-15-18(25)11-12-20(19)26-24(28-27-23)16-8-6-5-7-9-16/h5-15H,3-4H2,1-2H3,(H,26,28). The van der Waals surface area contributed by atoms with Crippen LogP contribution in [0.4, 0.5) is 5.69 Å². The van der Waals surface area contributed by atoms with Gasteiger partial charge in [0.2, 0.25) is 0 Å². The van der Waals surface area contributed by atoms with E-state index in [-0.39, 0.29) is 0 Å². The summed E-state index contributed by atoms with van der Waals surface area (Å²) in [5, 5.41) is 4.73. The topological polar surface area (TPSA) is 55.2 Å². The highest BCUT2D eigenvalue weighted by Gasteiger charge is 2.19. The number of rotatable bonds is 6. The second-order valence-corrected chi connectivity index (χ2v) is 7.50. The SMILES string of the molecule is CCOc1ccc(C2=NNC(c3ccccc3)=Nc3ccc(Br)cc32)cc1OCC. The second kappa shape index (κ2) is 9.13. The molecule has 6 heteroatoms. The van der Waals surface area contributed by atoms with Gasteiger partial charge in [0.15, 0.2) is 17.3 Å². The molecule has 0 atom stereocenters. The molecular formula is C24H22BrN3O2. The van der Waals surface area contributed by atoms with Crippen LogP contribution < -0.4 is 14.9 Å². The minimum absolute atomic E-state index is 0.553. The zero-order valence-corrected chi connectivity index (χ0v) is 18.4. The molecular weight excluding hydrogens is 442 g/mol. The molecule has 0 unspecified atom stereocenters. The average Bonchev–Trinajstić information content (AvgIpc) is 2.95. The number of aliphatic imine (C=N–C) groups is 1. The molecule has 4 rings (SSSR count). The lowest BCUT2D eigenvalue weighted by Crippen LogP contribution is -2.19. The van der Waals surface area contributed by atoms with Crippen molar-refractivity contribution in [2.45, 2.75) is 13.8 Å². The highest BCUT2D eigenvalue weighted by Crippen LogP contribution is 2.33. The van der Waals surface area contributed by atoms with E-state index in [1.807, 2.05) is 80.6 Å². The van der Waals surface area contributed by atoms with Gasteiger partial charge in [-0.25, -0.2) is 4.99 Å². The number of hydrogen-bond donors (Lipinski definition) is 1. The van der Waals surface area contributed by atoms with Gasteiger partial charge in [0.05, 0.1) is 18.9 Å². The summed E-state index contributed by atoms with van der Waals surface area (Å²) in [5.41, 5.74) is 7.59. The Morgan fingerprint density at radius 2 is 1.60 bits per heavy atom. The Morgan fingerprint density at radius 1 is 0.833 bits per heavy atom. The predicted octanol–water partition coefficient (Wildman–Crippen LogP) is 5.68. The van der Waals surface area contributed by atoms with Crippen molar-refractivity contribution in [1.82, 2.24) is 5.43 Å². The van der Waals surface area contributed by atoms with Crippen LogP contribution in [0.25, 0.3) is 0 Å². The number of benzene rings is 3. The van der Waals surface area contributed by atoms with Crippen LogP contribution in [-0.4, -0.2) is 24.8 Å². The molecule has 3 aromatic carbocycles. The normalized spacial score (nSPS) is 12.8.